The van der Waals surface area contributed by atoms with Gasteiger partial charge in [-0.2, -0.15) is 0 Å². The fourth-order valence-electron chi connectivity index (χ4n) is 1.38. The minimum atomic E-state index is -0.378. The lowest BCUT2D eigenvalue weighted by Gasteiger charge is -2.04. The number of nitrogens with zero attached hydrogens (tertiary/aromatic N) is 1. The Morgan fingerprint density at radius 2 is 2.25 bits per heavy atom. The van der Waals surface area contributed by atoms with Crippen molar-refractivity contribution < 1.29 is 9.53 Å². The van der Waals surface area contributed by atoms with Crippen LogP contribution >= 0.6 is 34.2 Å². The van der Waals surface area contributed by atoms with Gasteiger partial charge in [0.05, 0.1) is 26.8 Å². The smallest absolute Gasteiger partial charge is 0.337 e. The number of carbonyl (C=O) groups is 1. The summed E-state index contributed by atoms with van der Waals surface area (Å²) in [6.07, 6.45) is 1.70. The summed E-state index contributed by atoms with van der Waals surface area (Å²) < 4.78 is 5.51. The molecule has 0 radical (unpaired) electrons. The van der Waals surface area contributed by atoms with E-state index in [1.54, 1.807) is 24.4 Å². The van der Waals surface area contributed by atoms with Crippen LogP contribution < -0.4 is 0 Å². The largest absolute Gasteiger partial charge is 0.465 e. The van der Waals surface area contributed by atoms with Crippen LogP contribution in [0.2, 0.25) is 5.02 Å². The van der Waals surface area contributed by atoms with Gasteiger partial charge >= 0.3 is 5.97 Å². The molecule has 0 amide bonds. The predicted octanol–water partition coefficient (Wildman–Crippen LogP) is 3.28. The molecule has 0 bridgehead atoms. The van der Waals surface area contributed by atoms with Crippen molar-refractivity contribution in [3.63, 3.8) is 0 Å². The van der Waals surface area contributed by atoms with Crippen molar-refractivity contribution in [1.29, 1.82) is 0 Å². The summed E-state index contributed by atoms with van der Waals surface area (Å²) in [5.74, 6) is -0.378. The highest BCUT2D eigenvalue weighted by Crippen LogP contribution is 2.27. The minimum absolute atomic E-state index is 0.378. The van der Waals surface area contributed by atoms with Crippen LogP contribution in [0.4, 0.5) is 0 Å². The van der Waals surface area contributed by atoms with Crippen LogP contribution in [0.3, 0.4) is 0 Å². The van der Waals surface area contributed by atoms with E-state index in [1.807, 2.05) is 0 Å². The first-order chi connectivity index (χ1) is 7.63. The maximum atomic E-state index is 11.4. The average Bonchev–Trinajstić information content (AvgIpc) is 2.32. The van der Waals surface area contributed by atoms with Crippen LogP contribution in [-0.2, 0) is 4.74 Å². The summed E-state index contributed by atoms with van der Waals surface area (Å²) in [6.45, 7) is 0. The second-order valence-corrected chi connectivity index (χ2v) is 4.68. The number of rotatable bonds is 1. The van der Waals surface area contributed by atoms with Crippen LogP contribution in [-0.4, -0.2) is 18.1 Å². The highest BCUT2D eigenvalue weighted by Gasteiger charge is 2.09. The van der Waals surface area contributed by atoms with Crippen molar-refractivity contribution in [1.82, 2.24) is 4.98 Å². The molecule has 1 aromatic carbocycles. The predicted molar refractivity (Wildman–Crippen MR) is 70.8 cm³/mol. The van der Waals surface area contributed by atoms with Crippen molar-refractivity contribution in [2.24, 2.45) is 0 Å². The Hall–Kier alpha value is -0.880. The molecule has 2 aromatic rings. The number of methoxy groups -OCH3 is 1. The van der Waals surface area contributed by atoms with E-state index in [9.17, 15) is 4.79 Å². The maximum absolute atomic E-state index is 11.4. The number of carbonyl (C=O) groups excluding carboxylic acids is 1. The Bertz CT molecular complexity index is 571. The molecule has 0 aliphatic heterocycles. The number of esters is 1. The van der Waals surface area contributed by atoms with E-state index in [1.165, 1.54) is 7.11 Å². The van der Waals surface area contributed by atoms with E-state index in [4.69, 9.17) is 11.6 Å². The third-order valence-electron chi connectivity index (χ3n) is 2.18. The van der Waals surface area contributed by atoms with Gasteiger partial charge in [0.15, 0.2) is 0 Å². The summed E-state index contributed by atoms with van der Waals surface area (Å²) in [4.78, 5) is 15.6. The molecule has 3 nitrogen and oxygen atoms in total. The van der Waals surface area contributed by atoms with Crippen LogP contribution in [0.15, 0.2) is 24.4 Å². The third-order valence-corrected chi connectivity index (χ3v) is 3.72. The topological polar surface area (TPSA) is 39.2 Å². The van der Waals surface area contributed by atoms with Gasteiger partial charge in [0.1, 0.15) is 0 Å². The van der Waals surface area contributed by atoms with Gasteiger partial charge < -0.3 is 4.74 Å². The van der Waals surface area contributed by atoms with Crippen LogP contribution in [0.5, 0.6) is 0 Å². The van der Waals surface area contributed by atoms with Crippen molar-refractivity contribution >= 4 is 51.1 Å². The molecule has 0 fully saturated rings. The molecule has 0 N–H and O–H groups in total. The number of fused-ring (bicyclic) bond motifs is 1. The fraction of sp³-hybridized carbons (Fsp3) is 0.0909. The first-order valence-electron chi connectivity index (χ1n) is 4.45. The lowest BCUT2D eigenvalue weighted by atomic mass is 10.1. The molecule has 0 aliphatic carbocycles. The van der Waals surface area contributed by atoms with Gasteiger partial charge in [-0.05, 0) is 40.8 Å². The van der Waals surface area contributed by atoms with E-state index in [2.05, 4.69) is 32.3 Å². The first kappa shape index (κ1) is 11.6. The van der Waals surface area contributed by atoms with E-state index in [0.29, 0.717) is 10.6 Å². The quantitative estimate of drug-likeness (QED) is 0.587. The van der Waals surface area contributed by atoms with E-state index in [-0.39, 0.29) is 5.97 Å². The van der Waals surface area contributed by atoms with Crippen LogP contribution in [0.1, 0.15) is 10.4 Å². The molecular weight excluding hydrogens is 340 g/mol. The molecule has 2 rings (SSSR count). The summed E-state index contributed by atoms with van der Waals surface area (Å²) in [7, 11) is 1.35. The Morgan fingerprint density at radius 3 is 2.94 bits per heavy atom. The number of benzene rings is 1. The number of pyridine rings is 1. The van der Waals surface area contributed by atoms with Gasteiger partial charge in [0.25, 0.3) is 0 Å². The van der Waals surface area contributed by atoms with Crippen molar-refractivity contribution in [3.05, 3.63) is 38.6 Å². The molecular formula is C11H7ClINO2. The first-order valence-corrected chi connectivity index (χ1v) is 5.91. The zero-order chi connectivity index (χ0) is 11.7. The zero-order valence-corrected chi connectivity index (χ0v) is 11.2. The van der Waals surface area contributed by atoms with Crippen LogP contribution in [0.25, 0.3) is 10.9 Å². The lowest BCUT2D eigenvalue weighted by molar-refractivity contribution is 0.0601. The molecule has 1 heterocycles. The number of hydrogen-bond acceptors (Lipinski definition) is 3. The summed E-state index contributed by atoms with van der Waals surface area (Å²) >= 11 is 8.25. The third kappa shape index (κ3) is 1.99. The molecule has 0 unspecified atom stereocenters. The van der Waals surface area contributed by atoms with Gasteiger partial charge in [0, 0.05) is 11.6 Å². The average molecular weight is 348 g/mol. The van der Waals surface area contributed by atoms with Crippen molar-refractivity contribution in [3.8, 4) is 0 Å². The Balaban J connectivity index is 2.69. The van der Waals surface area contributed by atoms with Gasteiger partial charge in [-0.15, -0.1) is 0 Å². The van der Waals surface area contributed by atoms with Gasteiger partial charge in [-0.3, -0.25) is 4.98 Å². The molecule has 16 heavy (non-hydrogen) atoms. The molecule has 5 heteroatoms. The molecule has 0 saturated heterocycles. The Kier molecular flexibility index (Phi) is 3.30. The zero-order valence-electron chi connectivity index (χ0n) is 8.33. The minimum Gasteiger partial charge on any atom is -0.465 e. The monoisotopic (exact) mass is 347 g/mol. The van der Waals surface area contributed by atoms with Crippen LogP contribution in [0, 0.1) is 3.57 Å². The number of hydrogen-bond donors (Lipinski definition) is 0. The second-order valence-electron chi connectivity index (χ2n) is 3.14. The molecule has 0 atom stereocenters. The molecule has 82 valence electrons. The Labute approximate surface area is 111 Å². The second kappa shape index (κ2) is 4.55. The highest BCUT2D eigenvalue weighted by atomic mass is 127. The molecule has 0 aliphatic rings. The van der Waals surface area contributed by atoms with E-state index in [0.717, 1.165) is 14.5 Å². The fourth-order valence-corrected chi connectivity index (χ4v) is 2.01. The number of aromatic nitrogens is 1. The van der Waals surface area contributed by atoms with Crippen molar-refractivity contribution in [2.45, 2.75) is 0 Å². The molecule has 1 aromatic heterocycles. The van der Waals surface area contributed by atoms with E-state index < -0.39 is 0 Å². The summed E-state index contributed by atoms with van der Waals surface area (Å²) in [6, 6.07) is 5.12. The van der Waals surface area contributed by atoms with Crippen molar-refractivity contribution in [2.75, 3.05) is 7.11 Å². The van der Waals surface area contributed by atoms with Gasteiger partial charge in [-0.25, -0.2) is 4.79 Å². The number of halogens is 2. The Morgan fingerprint density at radius 1 is 1.50 bits per heavy atom. The van der Waals surface area contributed by atoms with E-state index >= 15 is 0 Å². The summed E-state index contributed by atoms with van der Waals surface area (Å²) in [5, 5.41) is 1.37. The lowest BCUT2D eigenvalue weighted by Crippen LogP contribution is -2.01. The molecule has 0 spiro atoms. The highest BCUT2D eigenvalue weighted by molar-refractivity contribution is 14.1. The SMILES string of the molecule is COC(=O)c1ccc2ncc(I)c(Cl)c2c1. The molecule has 0 saturated carbocycles. The summed E-state index contributed by atoms with van der Waals surface area (Å²) in [5.41, 5.74) is 1.23. The normalized spacial score (nSPS) is 10.4. The number of ether oxygens (including phenoxy) is 1. The van der Waals surface area contributed by atoms with Gasteiger partial charge in [0.2, 0.25) is 0 Å². The standard InChI is InChI=1S/C11H7ClINO2/c1-16-11(15)6-2-3-9-7(4-6)10(12)8(13)5-14-9/h2-5H,1H3. The maximum Gasteiger partial charge on any atom is 0.337 e. The van der Waals surface area contributed by atoms with Gasteiger partial charge in [-0.1, -0.05) is 11.6 Å².